The Hall–Kier alpha value is -1.43. The Morgan fingerprint density at radius 1 is 1.38 bits per heavy atom. The summed E-state index contributed by atoms with van der Waals surface area (Å²) in [6.45, 7) is 1.73. The highest BCUT2D eigenvalue weighted by Crippen LogP contribution is 2.31. The zero-order valence-corrected chi connectivity index (χ0v) is 13.6. The quantitative estimate of drug-likeness (QED) is 0.508. The van der Waals surface area contributed by atoms with E-state index < -0.39 is 4.92 Å². The van der Waals surface area contributed by atoms with Gasteiger partial charge in [0.05, 0.1) is 10.5 Å². The first-order valence-electron chi connectivity index (χ1n) is 7.11. The van der Waals surface area contributed by atoms with Gasteiger partial charge in [0.1, 0.15) is 5.56 Å². The minimum Gasteiger partial charge on any atom is -0.346 e. The fourth-order valence-corrected chi connectivity index (χ4v) is 3.62. The van der Waals surface area contributed by atoms with Gasteiger partial charge in [-0.1, -0.05) is 47.3 Å². The molecule has 0 unspecified atom stereocenters. The lowest BCUT2D eigenvalue weighted by Gasteiger charge is -2.36. The van der Waals surface area contributed by atoms with Crippen molar-refractivity contribution in [2.45, 2.75) is 44.6 Å². The van der Waals surface area contributed by atoms with Crippen molar-refractivity contribution in [1.82, 2.24) is 5.32 Å². The molecule has 6 heteroatoms. The van der Waals surface area contributed by atoms with E-state index in [0.717, 1.165) is 25.7 Å². The molecule has 0 heterocycles. The second kappa shape index (κ2) is 6.56. The molecule has 1 N–H and O–H groups in total. The Morgan fingerprint density at radius 3 is 2.62 bits per heavy atom. The van der Waals surface area contributed by atoms with E-state index in [2.05, 4.69) is 21.2 Å². The zero-order chi connectivity index (χ0) is 15.5. The number of nitrogens with one attached hydrogen (secondary N) is 1. The van der Waals surface area contributed by atoms with Crippen molar-refractivity contribution >= 4 is 27.5 Å². The van der Waals surface area contributed by atoms with Gasteiger partial charge in [0, 0.05) is 11.4 Å². The summed E-state index contributed by atoms with van der Waals surface area (Å²) >= 11 is 3.49. The Morgan fingerprint density at radius 2 is 2.05 bits per heavy atom. The van der Waals surface area contributed by atoms with E-state index in [1.807, 2.05) is 0 Å². The molecule has 0 aliphatic heterocycles. The minimum absolute atomic E-state index is 0.131. The van der Waals surface area contributed by atoms with Crippen LogP contribution in [0.15, 0.2) is 18.2 Å². The van der Waals surface area contributed by atoms with Gasteiger partial charge in [0.15, 0.2) is 0 Å². The first-order valence-corrected chi connectivity index (χ1v) is 8.24. The third-order valence-corrected chi connectivity index (χ3v) is 5.19. The average Bonchev–Trinajstić information content (AvgIpc) is 2.47. The second-order valence-corrected chi connectivity index (χ2v) is 6.22. The molecule has 1 fully saturated rings. The number of carbonyl (C=O) groups excluding carboxylic acids is 1. The van der Waals surface area contributed by atoms with Gasteiger partial charge in [-0.25, -0.2) is 0 Å². The Kier molecular flexibility index (Phi) is 4.98. The van der Waals surface area contributed by atoms with Crippen molar-refractivity contribution in [3.8, 4) is 0 Å². The molecule has 0 bridgehead atoms. The topological polar surface area (TPSA) is 72.2 Å². The first-order chi connectivity index (χ1) is 9.99. The molecule has 0 atom stereocenters. The van der Waals surface area contributed by atoms with Crippen LogP contribution in [-0.2, 0) is 0 Å². The molecule has 5 nitrogen and oxygen atoms in total. The summed E-state index contributed by atoms with van der Waals surface area (Å²) < 4.78 is 0. The van der Waals surface area contributed by atoms with Crippen LogP contribution in [0, 0.1) is 17.0 Å². The SMILES string of the molecule is Cc1cccc([N+](=O)[O-])c1C(=O)NC1(CBr)CCCCC1. The standard InChI is InChI=1S/C15H19BrN2O3/c1-11-6-5-7-12(18(20)21)13(11)14(19)17-15(10-16)8-3-2-4-9-15/h5-7H,2-4,8-10H2,1H3,(H,17,19). The van der Waals surface area contributed by atoms with Gasteiger partial charge in [-0.2, -0.15) is 0 Å². The summed E-state index contributed by atoms with van der Waals surface area (Å²) in [6.07, 6.45) is 5.13. The average molecular weight is 355 g/mol. The summed E-state index contributed by atoms with van der Waals surface area (Å²) in [5.74, 6) is -0.346. The van der Waals surface area contributed by atoms with Gasteiger partial charge >= 0.3 is 0 Å². The summed E-state index contributed by atoms with van der Waals surface area (Å²) in [5, 5.41) is 14.9. The fourth-order valence-electron chi connectivity index (χ4n) is 2.92. The van der Waals surface area contributed by atoms with E-state index in [9.17, 15) is 14.9 Å². The molecular formula is C15H19BrN2O3. The predicted octanol–water partition coefficient (Wildman–Crippen LogP) is 3.73. The number of benzene rings is 1. The molecule has 1 aromatic carbocycles. The van der Waals surface area contributed by atoms with Crippen molar-refractivity contribution in [2.24, 2.45) is 0 Å². The molecule has 0 saturated heterocycles. The maximum Gasteiger partial charge on any atom is 0.282 e. The van der Waals surface area contributed by atoms with E-state index in [1.165, 1.54) is 12.5 Å². The summed E-state index contributed by atoms with van der Waals surface area (Å²) in [4.78, 5) is 23.2. The van der Waals surface area contributed by atoms with Gasteiger partial charge in [0.2, 0.25) is 0 Å². The van der Waals surface area contributed by atoms with Gasteiger partial charge in [-0.3, -0.25) is 14.9 Å². The number of hydrogen-bond acceptors (Lipinski definition) is 3. The van der Waals surface area contributed by atoms with Crippen LogP contribution < -0.4 is 5.32 Å². The molecule has 114 valence electrons. The van der Waals surface area contributed by atoms with E-state index in [0.29, 0.717) is 10.9 Å². The van der Waals surface area contributed by atoms with Crippen LogP contribution in [0.1, 0.15) is 48.0 Å². The molecule has 0 aromatic heterocycles. The van der Waals surface area contributed by atoms with Crippen LogP contribution in [0.5, 0.6) is 0 Å². The van der Waals surface area contributed by atoms with Crippen LogP contribution in [-0.4, -0.2) is 21.7 Å². The minimum atomic E-state index is -0.496. The fraction of sp³-hybridized carbons (Fsp3) is 0.533. The number of nitro groups is 1. The molecule has 21 heavy (non-hydrogen) atoms. The van der Waals surface area contributed by atoms with Crippen LogP contribution in [0.3, 0.4) is 0 Å². The molecule has 1 saturated carbocycles. The highest BCUT2D eigenvalue weighted by atomic mass is 79.9. The molecule has 2 rings (SSSR count). The molecule has 1 aliphatic rings. The number of rotatable bonds is 4. The normalized spacial score (nSPS) is 17.2. The number of halogens is 1. The molecule has 1 amide bonds. The number of nitro benzene ring substituents is 1. The van der Waals surface area contributed by atoms with Crippen molar-refractivity contribution in [2.75, 3.05) is 5.33 Å². The van der Waals surface area contributed by atoms with E-state index in [1.54, 1.807) is 19.1 Å². The largest absolute Gasteiger partial charge is 0.346 e. The lowest BCUT2D eigenvalue weighted by atomic mass is 9.83. The second-order valence-electron chi connectivity index (χ2n) is 5.65. The van der Waals surface area contributed by atoms with Gasteiger partial charge < -0.3 is 5.32 Å². The number of nitrogens with zero attached hydrogens (tertiary/aromatic N) is 1. The molecular weight excluding hydrogens is 336 g/mol. The highest BCUT2D eigenvalue weighted by molar-refractivity contribution is 9.09. The molecule has 0 spiro atoms. The van der Waals surface area contributed by atoms with Crippen molar-refractivity contribution in [1.29, 1.82) is 0 Å². The van der Waals surface area contributed by atoms with E-state index >= 15 is 0 Å². The Balaban J connectivity index is 2.30. The van der Waals surface area contributed by atoms with Gasteiger partial charge in [-0.05, 0) is 25.3 Å². The third kappa shape index (κ3) is 3.43. The lowest BCUT2D eigenvalue weighted by Crippen LogP contribution is -2.51. The van der Waals surface area contributed by atoms with Crippen LogP contribution in [0.25, 0.3) is 0 Å². The monoisotopic (exact) mass is 354 g/mol. The first kappa shape index (κ1) is 15.9. The Bertz CT molecular complexity index is 554. The number of hydrogen-bond donors (Lipinski definition) is 1. The van der Waals surface area contributed by atoms with Crippen molar-refractivity contribution < 1.29 is 9.72 Å². The van der Waals surface area contributed by atoms with Crippen LogP contribution >= 0.6 is 15.9 Å². The molecule has 0 radical (unpaired) electrons. The van der Waals surface area contributed by atoms with Gasteiger partial charge in [-0.15, -0.1) is 0 Å². The molecule has 1 aliphatic carbocycles. The molecule has 1 aromatic rings. The lowest BCUT2D eigenvalue weighted by molar-refractivity contribution is -0.385. The zero-order valence-electron chi connectivity index (χ0n) is 12.0. The van der Waals surface area contributed by atoms with Gasteiger partial charge in [0.25, 0.3) is 11.6 Å². The maximum atomic E-state index is 12.6. The van der Waals surface area contributed by atoms with Crippen LogP contribution in [0.2, 0.25) is 0 Å². The Labute approximate surface area is 132 Å². The number of aryl methyl sites for hydroxylation is 1. The van der Waals surface area contributed by atoms with Crippen molar-refractivity contribution in [3.05, 3.63) is 39.4 Å². The summed E-state index contributed by atoms with van der Waals surface area (Å²) in [7, 11) is 0. The number of amides is 1. The van der Waals surface area contributed by atoms with E-state index in [4.69, 9.17) is 0 Å². The number of carbonyl (C=O) groups is 1. The van der Waals surface area contributed by atoms with Crippen molar-refractivity contribution in [3.63, 3.8) is 0 Å². The smallest absolute Gasteiger partial charge is 0.282 e. The maximum absolute atomic E-state index is 12.6. The highest BCUT2D eigenvalue weighted by Gasteiger charge is 2.34. The van der Waals surface area contributed by atoms with E-state index in [-0.39, 0.29) is 22.7 Å². The summed E-state index contributed by atoms with van der Waals surface area (Å²) in [6, 6.07) is 4.71. The summed E-state index contributed by atoms with van der Waals surface area (Å²) in [5.41, 5.74) is 0.384. The number of alkyl halides is 1. The third-order valence-electron chi connectivity index (χ3n) is 4.12. The van der Waals surface area contributed by atoms with Crippen LogP contribution in [0.4, 0.5) is 5.69 Å². The predicted molar refractivity (Wildman–Crippen MR) is 84.9 cm³/mol.